The molecule has 24 heavy (non-hydrogen) atoms. The van der Waals surface area contributed by atoms with Gasteiger partial charge in [0.25, 0.3) is 0 Å². The summed E-state index contributed by atoms with van der Waals surface area (Å²) >= 11 is 0. The second kappa shape index (κ2) is 5.93. The molecule has 0 N–H and O–H groups in total. The monoisotopic (exact) mass is 318 g/mol. The topological polar surface area (TPSA) is 62.5 Å². The number of benzene rings is 2. The first kappa shape index (κ1) is 15.9. The standard InChI is InChI=1S/C20H18N2O2/c1-20(2)17-8-7-15(24-3)10-16(17)18(22-20)11-19(23)14-6-4-5-13(9-14)12-21/h4-10H,11H2,1-3H3. The molecular formula is C20H18N2O2. The molecule has 0 amide bonds. The van der Waals surface area contributed by atoms with Gasteiger partial charge >= 0.3 is 0 Å². The van der Waals surface area contributed by atoms with Crippen molar-refractivity contribution in [2.24, 2.45) is 4.99 Å². The van der Waals surface area contributed by atoms with E-state index >= 15 is 0 Å². The summed E-state index contributed by atoms with van der Waals surface area (Å²) in [7, 11) is 1.62. The predicted molar refractivity (Wildman–Crippen MR) is 92.7 cm³/mol. The largest absolute Gasteiger partial charge is 0.497 e. The van der Waals surface area contributed by atoms with Gasteiger partial charge in [-0.2, -0.15) is 5.26 Å². The predicted octanol–water partition coefficient (Wildman–Crippen LogP) is 3.88. The number of ketones is 1. The van der Waals surface area contributed by atoms with Gasteiger partial charge in [0.05, 0.1) is 36.4 Å². The molecule has 0 bridgehead atoms. The highest BCUT2D eigenvalue weighted by Crippen LogP contribution is 2.37. The summed E-state index contributed by atoms with van der Waals surface area (Å²) in [5.74, 6) is 0.704. The maximum absolute atomic E-state index is 12.6. The molecule has 0 atom stereocenters. The van der Waals surface area contributed by atoms with Crippen LogP contribution in [0, 0.1) is 11.3 Å². The van der Waals surface area contributed by atoms with Crippen molar-refractivity contribution in [1.82, 2.24) is 0 Å². The van der Waals surface area contributed by atoms with Crippen molar-refractivity contribution in [2.45, 2.75) is 25.8 Å². The van der Waals surface area contributed by atoms with E-state index in [4.69, 9.17) is 15.0 Å². The zero-order chi connectivity index (χ0) is 17.3. The minimum Gasteiger partial charge on any atom is -0.497 e. The minimum atomic E-state index is -0.355. The Morgan fingerprint density at radius 3 is 2.75 bits per heavy atom. The molecule has 120 valence electrons. The van der Waals surface area contributed by atoms with Crippen LogP contribution < -0.4 is 4.74 Å². The molecule has 3 rings (SSSR count). The van der Waals surface area contributed by atoms with Crippen LogP contribution in [-0.2, 0) is 5.54 Å². The molecule has 0 aromatic heterocycles. The van der Waals surface area contributed by atoms with Crippen LogP contribution in [0.5, 0.6) is 5.75 Å². The highest BCUT2D eigenvalue weighted by Gasteiger charge is 2.32. The molecule has 0 aliphatic carbocycles. The van der Waals surface area contributed by atoms with Crippen molar-refractivity contribution >= 4 is 11.5 Å². The third-order valence-electron chi connectivity index (χ3n) is 4.25. The number of carbonyl (C=O) groups is 1. The van der Waals surface area contributed by atoms with E-state index in [2.05, 4.69) is 6.07 Å². The number of methoxy groups -OCH3 is 1. The molecule has 1 aliphatic rings. The lowest BCUT2D eigenvalue weighted by Gasteiger charge is -2.16. The van der Waals surface area contributed by atoms with Crippen LogP contribution in [0.3, 0.4) is 0 Å². The van der Waals surface area contributed by atoms with Gasteiger partial charge in [0.1, 0.15) is 5.75 Å². The number of aliphatic imine (C=N–C) groups is 1. The van der Waals surface area contributed by atoms with Gasteiger partial charge in [0.2, 0.25) is 0 Å². The van der Waals surface area contributed by atoms with Gasteiger partial charge in [0.15, 0.2) is 5.78 Å². The molecule has 1 heterocycles. The maximum Gasteiger partial charge on any atom is 0.168 e. The number of fused-ring (bicyclic) bond motifs is 1. The average Bonchev–Trinajstić information content (AvgIpc) is 2.84. The fourth-order valence-electron chi connectivity index (χ4n) is 3.03. The van der Waals surface area contributed by atoms with Gasteiger partial charge in [0, 0.05) is 11.1 Å². The van der Waals surface area contributed by atoms with Gasteiger partial charge < -0.3 is 4.74 Å². The molecule has 4 nitrogen and oxygen atoms in total. The normalized spacial score (nSPS) is 14.5. The van der Waals surface area contributed by atoms with Crippen LogP contribution in [0.15, 0.2) is 47.5 Å². The number of nitriles is 1. The molecule has 0 fully saturated rings. The summed E-state index contributed by atoms with van der Waals surface area (Å²) in [6.07, 6.45) is 0.207. The number of hydrogen-bond acceptors (Lipinski definition) is 4. The Labute approximate surface area is 141 Å². The third-order valence-corrected chi connectivity index (χ3v) is 4.25. The Hall–Kier alpha value is -2.93. The Kier molecular flexibility index (Phi) is 3.94. The van der Waals surface area contributed by atoms with E-state index in [1.54, 1.807) is 31.4 Å². The molecule has 0 unspecified atom stereocenters. The summed E-state index contributed by atoms with van der Waals surface area (Å²) in [5, 5.41) is 8.99. The van der Waals surface area contributed by atoms with Crippen LogP contribution in [0.1, 0.15) is 47.3 Å². The highest BCUT2D eigenvalue weighted by atomic mass is 16.5. The summed E-state index contributed by atoms with van der Waals surface area (Å²) in [5.41, 5.74) is 3.48. The summed E-state index contributed by atoms with van der Waals surface area (Å²) in [6.45, 7) is 4.07. The molecule has 2 aromatic rings. The van der Waals surface area contributed by atoms with E-state index in [0.29, 0.717) is 11.1 Å². The van der Waals surface area contributed by atoms with Gasteiger partial charge in [-0.15, -0.1) is 0 Å². The maximum atomic E-state index is 12.6. The smallest absolute Gasteiger partial charge is 0.168 e. The number of carbonyl (C=O) groups excluding carboxylic acids is 1. The Morgan fingerprint density at radius 1 is 1.25 bits per heavy atom. The molecule has 0 saturated carbocycles. The van der Waals surface area contributed by atoms with Crippen molar-refractivity contribution in [2.75, 3.05) is 7.11 Å². The summed E-state index contributed by atoms with van der Waals surface area (Å²) in [4.78, 5) is 17.4. The quantitative estimate of drug-likeness (QED) is 0.804. The molecule has 2 aromatic carbocycles. The lowest BCUT2D eigenvalue weighted by atomic mass is 9.91. The van der Waals surface area contributed by atoms with Crippen molar-refractivity contribution in [3.63, 3.8) is 0 Å². The Bertz CT molecular complexity index is 889. The van der Waals surface area contributed by atoms with Gasteiger partial charge in [-0.3, -0.25) is 9.79 Å². The van der Waals surface area contributed by atoms with Gasteiger partial charge in [-0.1, -0.05) is 18.2 Å². The first-order valence-corrected chi connectivity index (χ1v) is 7.75. The SMILES string of the molecule is COc1ccc2c(c1)C(CC(=O)c1cccc(C#N)c1)=NC2(C)C. The summed E-state index contributed by atoms with van der Waals surface area (Å²) < 4.78 is 5.30. The van der Waals surface area contributed by atoms with Crippen LogP contribution in [0.2, 0.25) is 0 Å². The molecule has 4 heteroatoms. The molecule has 0 radical (unpaired) electrons. The van der Waals surface area contributed by atoms with E-state index in [0.717, 1.165) is 22.6 Å². The average molecular weight is 318 g/mol. The van der Waals surface area contributed by atoms with E-state index in [1.807, 2.05) is 32.0 Å². The number of ether oxygens (including phenoxy) is 1. The van der Waals surface area contributed by atoms with E-state index < -0.39 is 0 Å². The highest BCUT2D eigenvalue weighted by molar-refractivity contribution is 6.17. The Morgan fingerprint density at radius 2 is 2.04 bits per heavy atom. The van der Waals surface area contributed by atoms with Crippen LogP contribution in [0.25, 0.3) is 0 Å². The van der Waals surface area contributed by atoms with E-state index in [9.17, 15) is 4.79 Å². The second-order valence-corrected chi connectivity index (χ2v) is 6.32. The van der Waals surface area contributed by atoms with Crippen LogP contribution in [-0.4, -0.2) is 18.6 Å². The van der Waals surface area contributed by atoms with Crippen LogP contribution >= 0.6 is 0 Å². The first-order valence-electron chi connectivity index (χ1n) is 7.75. The lowest BCUT2D eigenvalue weighted by Crippen LogP contribution is -2.10. The van der Waals surface area contributed by atoms with Crippen molar-refractivity contribution < 1.29 is 9.53 Å². The van der Waals surface area contributed by atoms with Crippen molar-refractivity contribution in [3.8, 4) is 11.8 Å². The molecule has 0 saturated heterocycles. The number of rotatable bonds is 4. The van der Waals surface area contributed by atoms with Gasteiger partial charge in [-0.25, -0.2) is 0 Å². The van der Waals surface area contributed by atoms with Gasteiger partial charge in [-0.05, 0) is 43.7 Å². The van der Waals surface area contributed by atoms with Crippen LogP contribution in [0.4, 0.5) is 0 Å². The zero-order valence-electron chi connectivity index (χ0n) is 14.0. The number of Topliss-reactive ketones (excluding diaryl/α,β-unsaturated/α-hetero) is 1. The summed E-state index contributed by atoms with van der Waals surface area (Å²) in [6, 6.07) is 14.7. The van der Waals surface area contributed by atoms with E-state index in [-0.39, 0.29) is 17.7 Å². The second-order valence-electron chi connectivity index (χ2n) is 6.32. The lowest BCUT2D eigenvalue weighted by molar-refractivity contribution is 0.100. The fraction of sp³-hybridized carbons (Fsp3) is 0.250. The number of nitrogens with zero attached hydrogens (tertiary/aromatic N) is 2. The van der Waals surface area contributed by atoms with E-state index in [1.165, 1.54) is 0 Å². The zero-order valence-corrected chi connectivity index (χ0v) is 14.0. The third kappa shape index (κ3) is 2.81. The molecule has 0 spiro atoms. The Balaban J connectivity index is 1.94. The minimum absolute atomic E-state index is 0.0441. The first-order chi connectivity index (χ1) is 11.4. The number of hydrogen-bond donors (Lipinski definition) is 0. The molecule has 1 aliphatic heterocycles. The molecular weight excluding hydrogens is 300 g/mol. The fourth-order valence-corrected chi connectivity index (χ4v) is 3.03. The van der Waals surface area contributed by atoms with Crippen molar-refractivity contribution in [1.29, 1.82) is 5.26 Å². The van der Waals surface area contributed by atoms with Crippen molar-refractivity contribution in [3.05, 3.63) is 64.7 Å².